The number of rotatable bonds is 6. The Labute approximate surface area is 120 Å². The highest BCUT2D eigenvalue weighted by Crippen LogP contribution is 2.21. The molecule has 1 aromatic rings. The molecule has 5 heteroatoms. The van der Waals surface area contributed by atoms with Gasteiger partial charge in [-0.3, -0.25) is 4.79 Å². The van der Waals surface area contributed by atoms with Crippen LogP contribution in [-0.4, -0.2) is 47.6 Å². The van der Waals surface area contributed by atoms with Gasteiger partial charge in [-0.15, -0.1) is 0 Å². The van der Waals surface area contributed by atoms with Crippen LogP contribution in [-0.2, 0) is 22.4 Å². The van der Waals surface area contributed by atoms with Gasteiger partial charge in [0.25, 0.3) is 0 Å². The van der Waals surface area contributed by atoms with E-state index in [1.807, 2.05) is 11.8 Å². The highest BCUT2D eigenvalue weighted by molar-refractivity contribution is 5.78. The van der Waals surface area contributed by atoms with Crippen molar-refractivity contribution in [3.8, 4) is 0 Å². The lowest BCUT2D eigenvalue weighted by Gasteiger charge is -2.16. The topological polar surface area (TPSA) is 55.3 Å². The first kappa shape index (κ1) is 14.9. The van der Waals surface area contributed by atoms with Crippen molar-refractivity contribution in [1.29, 1.82) is 0 Å². The fourth-order valence-corrected chi connectivity index (χ4v) is 2.69. The van der Waals surface area contributed by atoms with Crippen molar-refractivity contribution in [2.45, 2.75) is 33.1 Å². The van der Waals surface area contributed by atoms with E-state index in [4.69, 9.17) is 4.74 Å². The number of likely N-dealkylation sites (tertiary alicyclic amines) is 1. The summed E-state index contributed by atoms with van der Waals surface area (Å²) < 4.78 is 5.04. The molecule has 2 rings (SSSR count). The van der Waals surface area contributed by atoms with E-state index in [0.29, 0.717) is 25.5 Å². The minimum atomic E-state index is 0.230. The van der Waals surface area contributed by atoms with E-state index >= 15 is 0 Å². The molecular weight excluding hydrogens is 254 g/mol. The third-order valence-corrected chi connectivity index (χ3v) is 3.66. The van der Waals surface area contributed by atoms with Crippen LogP contribution in [0.2, 0.25) is 0 Å². The third-order valence-electron chi connectivity index (χ3n) is 3.66. The number of hydrogen-bond donors (Lipinski definition) is 0. The van der Waals surface area contributed by atoms with E-state index < -0.39 is 0 Å². The Balaban J connectivity index is 1.97. The molecule has 20 heavy (non-hydrogen) atoms. The molecule has 0 radical (unpaired) electrons. The van der Waals surface area contributed by atoms with Gasteiger partial charge in [0, 0.05) is 38.0 Å². The van der Waals surface area contributed by atoms with Gasteiger partial charge in [-0.25, -0.2) is 9.97 Å². The summed E-state index contributed by atoms with van der Waals surface area (Å²) in [6.07, 6.45) is 2.39. The average Bonchev–Trinajstić information content (AvgIpc) is 2.75. The standard InChI is InChI=1S/C15H23N3O2/c1-4-13-9-14(17-11(2)16-13)7-12-8-15(19)18(10-12)5-6-20-3/h9,12H,4-8,10H2,1-3H3/t12-/m0/s1. The van der Waals surface area contributed by atoms with Crippen LogP contribution in [0.15, 0.2) is 6.07 Å². The van der Waals surface area contributed by atoms with Crippen molar-refractivity contribution in [2.24, 2.45) is 5.92 Å². The summed E-state index contributed by atoms with van der Waals surface area (Å²) in [7, 11) is 1.66. The van der Waals surface area contributed by atoms with E-state index in [-0.39, 0.29) is 5.91 Å². The van der Waals surface area contributed by atoms with E-state index in [9.17, 15) is 4.79 Å². The number of nitrogens with zero attached hydrogens (tertiary/aromatic N) is 3. The lowest BCUT2D eigenvalue weighted by molar-refractivity contribution is -0.128. The number of aromatic nitrogens is 2. The molecule has 1 saturated heterocycles. The monoisotopic (exact) mass is 277 g/mol. The van der Waals surface area contributed by atoms with Crippen molar-refractivity contribution in [3.63, 3.8) is 0 Å². The number of hydrogen-bond acceptors (Lipinski definition) is 4. The van der Waals surface area contributed by atoms with Crippen molar-refractivity contribution < 1.29 is 9.53 Å². The van der Waals surface area contributed by atoms with Gasteiger partial charge >= 0.3 is 0 Å². The minimum Gasteiger partial charge on any atom is -0.383 e. The number of amides is 1. The average molecular weight is 277 g/mol. The Kier molecular flexibility index (Phi) is 5.06. The maximum atomic E-state index is 11.9. The normalized spacial score (nSPS) is 18.9. The fraction of sp³-hybridized carbons (Fsp3) is 0.667. The zero-order valence-electron chi connectivity index (χ0n) is 12.6. The predicted octanol–water partition coefficient (Wildman–Crippen LogP) is 1.38. The SMILES string of the molecule is CCc1cc(C[C@H]2CC(=O)N(CCOC)C2)nc(C)n1. The number of methoxy groups -OCH3 is 1. The molecule has 5 nitrogen and oxygen atoms in total. The fourth-order valence-electron chi connectivity index (χ4n) is 2.69. The lowest BCUT2D eigenvalue weighted by Crippen LogP contribution is -2.29. The van der Waals surface area contributed by atoms with Gasteiger partial charge in [0.2, 0.25) is 5.91 Å². The van der Waals surface area contributed by atoms with Crippen LogP contribution in [0.1, 0.15) is 30.6 Å². The molecule has 1 fully saturated rings. The van der Waals surface area contributed by atoms with Crippen molar-refractivity contribution in [2.75, 3.05) is 26.8 Å². The summed E-state index contributed by atoms with van der Waals surface area (Å²) in [4.78, 5) is 22.7. The first-order valence-electron chi connectivity index (χ1n) is 7.22. The highest BCUT2D eigenvalue weighted by Gasteiger charge is 2.29. The highest BCUT2D eigenvalue weighted by atomic mass is 16.5. The Morgan fingerprint density at radius 1 is 1.40 bits per heavy atom. The van der Waals surface area contributed by atoms with Crippen molar-refractivity contribution >= 4 is 5.91 Å². The molecule has 0 aromatic carbocycles. The minimum absolute atomic E-state index is 0.230. The number of carbonyl (C=O) groups is 1. The molecular formula is C15H23N3O2. The van der Waals surface area contributed by atoms with E-state index in [1.54, 1.807) is 7.11 Å². The first-order chi connectivity index (χ1) is 9.62. The van der Waals surface area contributed by atoms with E-state index in [2.05, 4.69) is 23.0 Å². The maximum absolute atomic E-state index is 11.9. The molecule has 110 valence electrons. The summed E-state index contributed by atoms with van der Waals surface area (Å²) in [5, 5.41) is 0. The molecule has 1 amide bonds. The van der Waals surface area contributed by atoms with Crippen LogP contribution in [0, 0.1) is 12.8 Å². The van der Waals surface area contributed by atoms with Gasteiger partial charge in [0.1, 0.15) is 5.82 Å². The largest absolute Gasteiger partial charge is 0.383 e. The van der Waals surface area contributed by atoms with Crippen LogP contribution in [0.25, 0.3) is 0 Å². The molecule has 0 spiro atoms. The zero-order chi connectivity index (χ0) is 14.5. The second-order valence-electron chi connectivity index (χ2n) is 5.36. The molecule has 0 bridgehead atoms. The van der Waals surface area contributed by atoms with Crippen LogP contribution in [0.4, 0.5) is 0 Å². The lowest BCUT2D eigenvalue weighted by atomic mass is 10.0. The first-order valence-corrected chi connectivity index (χ1v) is 7.22. The number of ether oxygens (including phenoxy) is 1. The Morgan fingerprint density at radius 2 is 2.15 bits per heavy atom. The van der Waals surface area contributed by atoms with Gasteiger partial charge < -0.3 is 9.64 Å². The second-order valence-corrected chi connectivity index (χ2v) is 5.36. The molecule has 1 atom stereocenters. The summed E-state index contributed by atoms with van der Waals surface area (Å²) in [5.41, 5.74) is 2.13. The smallest absolute Gasteiger partial charge is 0.223 e. The van der Waals surface area contributed by atoms with Crippen molar-refractivity contribution in [1.82, 2.24) is 14.9 Å². The van der Waals surface area contributed by atoms with Crippen molar-refractivity contribution in [3.05, 3.63) is 23.3 Å². The predicted molar refractivity (Wildman–Crippen MR) is 76.4 cm³/mol. The van der Waals surface area contributed by atoms with Crippen LogP contribution < -0.4 is 0 Å². The van der Waals surface area contributed by atoms with E-state index in [0.717, 1.165) is 36.6 Å². The maximum Gasteiger partial charge on any atom is 0.223 e. The third kappa shape index (κ3) is 3.76. The summed E-state index contributed by atoms with van der Waals surface area (Å²) >= 11 is 0. The molecule has 0 aliphatic carbocycles. The number of aryl methyl sites for hydroxylation is 2. The molecule has 0 saturated carbocycles. The van der Waals surface area contributed by atoms with Gasteiger partial charge in [0.15, 0.2) is 0 Å². The number of carbonyl (C=O) groups excluding carboxylic acids is 1. The second kappa shape index (κ2) is 6.79. The van der Waals surface area contributed by atoms with E-state index in [1.165, 1.54) is 0 Å². The Morgan fingerprint density at radius 3 is 2.85 bits per heavy atom. The van der Waals surface area contributed by atoms with Gasteiger partial charge in [-0.1, -0.05) is 6.92 Å². The molecule has 2 heterocycles. The van der Waals surface area contributed by atoms with Gasteiger partial charge in [-0.2, -0.15) is 0 Å². The zero-order valence-corrected chi connectivity index (χ0v) is 12.6. The molecule has 1 aliphatic heterocycles. The summed E-state index contributed by atoms with van der Waals surface area (Å²) in [6, 6.07) is 2.06. The summed E-state index contributed by atoms with van der Waals surface area (Å²) in [5.74, 6) is 1.41. The summed E-state index contributed by atoms with van der Waals surface area (Å²) in [6.45, 7) is 6.12. The molecule has 0 unspecified atom stereocenters. The van der Waals surface area contributed by atoms with Crippen LogP contribution >= 0.6 is 0 Å². The van der Waals surface area contributed by atoms with Crippen LogP contribution in [0.3, 0.4) is 0 Å². The van der Waals surface area contributed by atoms with Crippen LogP contribution in [0.5, 0.6) is 0 Å². The Bertz CT molecular complexity index is 476. The van der Waals surface area contributed by atoms with Gasteiger partial charge in [-0.05, 0) is 31.7 Å². The van der Waals surface area contributed by atoms with Gasteiger partial charge in [0.05, 0.1) is 6.61 Å². The Hall–Kier alpha value is -1.49. The quantitative estimate of drug-likeness (QED) is 0.788. The molecule has 0 N–H and O–H groups in total. The molecule has 1 aliphatic rings. The molecule has 1 aromatic heterocycles.